The van der Waals surface area contributed by atoms with Crippen LogP contribution in [0.1, 0.15) is 11.4 Å². The van der Waals surface area contributed by atoms with Crippen molar-refractivity contribution < 1.29 is 13.2 Å². The summed E-state index contributed by atoms with van der Waals surface area (Å²) in [6.45, 7) is 1.64. The number of alkyl halides is 3. The topological polar surface area (TPSA) is 39.8 Å². The Labute approximate surface area is 121 Å². The number of aryl methyl sites for hydroxylation is 1. The molecule has 0 saturated carbocycles. The molecule has 0 saturated heterocycles. The van der Waals surface area contributed by atoms with E-state index in [1.54, 1.807) is 6.92 Å². The Morgan fingerprint density at radius 3 is 2.30 bits per heavy atom. The minimum Gasteiger partial charge on any atom is -0.274 e. The number of rotatable bonds is 1. The number of nitrogens with zero attached hydrogens (tertiary/aromatic N) is 3. The van der Waals surface area contributed by atoms with E-state index in [0.29, 0.717) is 19.8 Å². The Bertz CT molecular complexity index is 734. The van der Waals surface area contributed by atoms with Crippen LogP contribution in [0.4, 0.5) is 13.2 Å². The quantitative estimate of drug-likeness (QED) is 0.807. The minimum absolute atomic E-state index is 0.0366. The van der Waals surface area contributed by atoms with Gasteiger partial charge in [-0.1, -0.05) is 23.2 Å². The number of hydrogen-bond donors (Lipinski definition) is 0. The summed E-state index contributed by atoms with van der Waals surface area (Å²) in [6.07, 6.45) is -4.73. The van der Waals surface area contributed by atoms with Crippen molar-refractivity contribution >= 4 is 23.2 Å². The van der Waals surface area contributed by atoms with Gasteiger partial charge in [-0.15, -0.1) is 5.10 Å². The minimum atomic E-state index is -4.73. The van der Waals surface area contributed by atoms with Crippen LogP contribution in [-0.2, 0) is 13.2 Å². The zero-order chi connectivity index (χ0) is 15.2. The van der Waals surface area contributed by atoms with Crippen molar-refractivity contribution in [1.29, 1.82) is 0 Å². The molecule has 0 unspecified atom stereocenters. The van der Waals surface area contributed by atoms with Crippen molar-refractivity contribution in [3.8, 4) is 5.69 Å². The number of benzene rings is 1. The van der Waals surface area contributed by atoms with E-state index >= 15 is 0 Å². The number of halogens is 5. The van der Waals surface area contributed by atoms with Gasteiger partial charge in [0.25, 0.3) is 0 Å². The van der Waals surface area contributed by atoms with Crippen LogP contribution in [0.2, 0.25) is 10.0 Å². The molecule has 2 aromatic rings. The van der Waals surface area contributed by atoms with E-state index in [4.69, 9.17) is 23.2 Å². The van der Waals surface area contributed by atoms with Gasteiger partial charge in [0.05, 0.1) is 10.7 Å². The van der Waals surface area contributed by atoms with Gasteiger partial charge in [-0.05, 0) is 24.6 Å². The van der Waals surface area contributed by atoms with Crippen LogP contribution in [0.5, 0.6) is 0 Å². The molecule has 0 atom stereocenters. The van der Waals surface area contributed by atoms with Gasteiger partial charge in [0, 0.05) is 12.1 Å². The molecule has 4 nitrogen and oxygen atoms in total. The Morgan fingerprint density at radius 2 is 1.80 bits per heavy atom. The number of hydrogen-bond acceptors (Lipinski definition) is 2. The highest BCUT2D eigenvalue weighted by Crippen LogP contribution is 2.29. The predicted molar refractivity (Wildman–Crippen MR) is 68.6 cm³/mol. The molecule has 0 radical (unpaired) electrons. The molecule has 20 heavy (non-hydrogen) atoms. The summed E-state index contributed by atoms with van der Waals surface area (Å²) >= 11 is 11.8. The lowest BCUT2D eigenvalue weighted by Gasteiger charge is -2.06. The van der Waals surface area contributed by atoms with Crippen LogP contribution in [0.3, 0.4) is 0 Å². The van der Waals surface area contributed by atoms with Gasteiger partial charge in [-0.3, -0.25) is 4.57 Å². The lowest BCUT2D eigenvalue weighted by atomic mass is 10.2. The molecule has 108 valence electrons. The van der Waals surface area contributed by atoms with Crippen molar-refractivity contribution in [1.82, 2.24) is 14.3 Å². The summed E-state index contributed by atoms with van der Waals surface area (Å²) in [5, 5.41) is 3.68. The fraction of sp³-hybridized carbons (Fsp3) is 0.273. The first-order valence-electron chi connectivity index (χ1n) is 5.32. The SMILES string of the molecule is Cc1cc(-n2nc(C(F)(F)F)n(C)c2=O)c(Cl)cc1Cl. The number of aromatic nitrogens is 3. The van der Waals surface area contributed by atoms with Crippen LogP contribution in [0.15, 0.2) is 16.9 Å². The standard InChI is InChI=1S/C11H8Cl2F3N3O/c1-5-3-8(7(13)4-6(5)12)19-10(20)18(2)9(17-19)11(14,15)16/h3-4H,1-2H3. The largest absolute Gasteiger partial charge is 0.451 e. The highest BCUT2D eigenvalue weighted by Gasteiger charge is 2.38. The third-order valence-corrected chi connectivity index (χ3v) is 3.40. The lowest BCUT2D eigenvalue weighted by molar-refractivity contribution is -0.147. The molecular weight excluding hydrogens is 318 g/mol. The molecule has 0 aliphatic carbocycles. The van der Waals surface area contributed by atoms with Gasteiger partial charge >= 0.3 is 11.9 Å². The second-order valence-electron chi connectivity index (χ2n) is 4.13. The lowest BCUT2D eigenvalue weighted by Crippen LogP contribution is -2.23. The summed E-state index contributed by atoms with van der Waals surface area (Å²) in [5.74, 6) is -1.30. The van der Waals surface area contributed by atoms with Gasteiger partial charge in [-0.2, -0.15) is 17.9 Å². The Hall–Kier alpha value is -1.47. The summed E-state index contributed by atoms with van der Waals surface area (Å²) in [5.41, 5.74) is -0.331. The molecule has 0 amide bonds. The first kappa shape index (κ1) is 14.9. The highest BCUT2D eigenvalue weighted by molar-refractivity contribution is 6.36. The van der Waals surface area contributed by atoms with E-state index in [2.05, 4.69) is 5.10 Å². The van der Waals surface area contributed by atoms with E-state index in [-0.39, 0.29) is 10.7 Å². The molecule has 0 N–H and O–H groups in total. The Kier molecular flexibility index (Phi) is 3.60. The van der Waals surface area contributed by atoms with E-state index in [1.807, 2.05) is 0 Å². The van der Waals surface area contributed by atoms with Crippen molar-refractivity contribution in [2.24, 2.45) is 7.05 Å². The van der Waals surface area contributed by atoms with Crippen molar-refractivity contribution in [2.75, 3.05) is 0 Å². The smallest absolute Gasteiger partial charge is 0.274 e. The summed E-state index contributed by atoms with van der Waals surface area (Å²) in [7, 11) is 0.991. The molecule has 2 rings (SSSR count). The van der Waals surface area contributed by atoms with E-state index in [1.165, 1.54) is 12.1 Å². The molecule has 0 bridgehead atoms. The van der Waals surface area contributed by atoms with Crippen LogP contribution in [-0.4, -0.2) is 14.3 Å². The molecular formula is C11H8Cl2F3N3O. The molecule has 1 aromatic heterocycles. The van der Waals surface area contributed by atoms with Crippen molar-refractivity contribution in [3.05, 3.63) is 44.1 Å². The first-order chi connectivity index (χ1) is 9.12. The van der Waals surface area contributed by atoms with Gasteiger partial charge in [-0.25, -0.2) is 4.79 Å². The second kappa shape index (κ2) is 4.82. The monoisotopic (exact) mass is 325 g/mol. The Morgan fingerprint density at radius 1 is 1.20 bits per heavy atom. The average Bonchev–Trinajstić information content (AvgIpc) is 2.61. The van der Waals surface area contributed by atoms with Gasteiger partial charge in [0.2, 0.25) is 5.82 Å². The molecule has 1 heterocycles. The fourth-order valence-corrected chi connectivity index (χ4v) is 2.11. The van der Waals surface area contributed by atoms with Crippen LogP contribution < -0.4 is 5.69 Å². The predicted octanol–water partition coefficient (Wildman–Crippen LogP) is 3.21. The van der Waals surface area contributed by atoms with Crippen LogP contribution in [0.25, 0.3) is 5.69 Å². The van der Waals surface area contributed by atoms with Gasteiger partial charge in [0.15, 0.2) is 0 Å². The zero-order valence-corrected chi connectivity index (χ0v) is 11.8. The molecule has 0 aliphatic heterocycles. The summed E-state index contributed by atoms with van der Waals surface area (Å²) < 4.78 is 39.2. The maximum Gasteiger partial charge on any atom is 0.451 e. The fourth-order valence-electron chi connectivity index (χ4n) is 1.65. The van der Waals surface area contributed by atoms with Gasteiger partial charge in [0.1, 0.15) is 0 Å². The molecule has 0 aliphatic rings. The van der Waals surface area contributed by atoms with Crippen molar-refractivity contribution in [2.45, 2.75) is 13.1 Å². The van der Waals surface area contributed by atoms with Crippen LogP contribution in [0, 0.1) is 6.92 Å². The maximum absolute atomic E-state index is 12.7. The molecule has 1 aromatic carbocycles. The van der Waals surface area contributed by atoms with E-state index in [9.17, 15) is 18.0 Å². The summed E-state index contributed by atoms with van der Waals surface area (Å²) in [6, 6.07) is 2.75. The molecule has 0 spiro atoms. The van der Waals surface area contributed by atoms with Crippen LogP contribution >= 0.6 is 23.2 Å². The third-order valence-electron chi connectivity index (χ3n) is 2.69. The molecule has 9 heteroatoms. The highest BCUT2D eigenvalue weighted by atomic mass is 35.5. The van der Waals surface area contributed by atoms with Crippen molar-refractivity contribution in [3.63, 3.8) is 0 Å². The molecule has 0 fully saturated rings. The van der Waals surface area contributed by atoms with E-state index < -0.39 is 17.7 Å². The van der Waals surface area contributed by atoms with E-state index in [0.717, 1.165) is 7.05 Å². The third kappa shape index (κ3) is 2.43. The normalized spacial score (nSPS) is 11.9. The first-order valence-corrected chi connectivity index (χ1v) is 6.07. The second-order valence-corrected chi connectivity index (χ2v) is 4.94. The maximum atomic E-state index is 12.7. The average molecular weight is 326 g/mol. The summed E-state index contributed by atoms with van der Waals surface area (Å²) in [4.78, 5) is 11.9. The zero-order valence-electron chi connectivity index (χ0n) is 10.3. The Balaban J connectivity index is 2.72. The van der Waals surface area contributed by atoms with Gasteiger partial charge < -0.3 is 0 Å².